The smallest absolute Gasteiger partial charge is 0.340 e. The van der Waals surface area contributed by atoms with Crippen molar-refractivity contribution in [3.8, 4) is 11.8 Å². The van der Waals surface area contributed by atoms with Crippen LogP contribution in [0, 0.1) is 11.8 Å². The third kappa shape index (κ3) is 5.05. The summed E-state index contributed by atoms with van der Waals surface area (Å²) in [5, 5.41) is 4.73. The Balaban J connectivity index is 1.54. The lowest BCUT2D eigenvalue weighted by Gasteiger charge is -2.11. The largest absolute Gasteiger partial charge is 0.433 e. The van der Waals surface area contributed by atoms with Crippen LogP contribution in [0.15, 0.2) is 66.0 Å². The van der Waals surface area contributed by atoms with Crippen molar-refractivity contribution in [3.63, 3.8) is 0 Å². The second-order valence-electron chi connectivity index (χ2n) is 6.84. The van der Waals surface area contributed by atoms with E-state index >= 15 is 0 Å². The zero-order chi connectivity index (χ0) is 24.3. The van der Waals surface area contributed by atoms with Gasteiger partial charge in [0, 0.05) is 35.1 Å². The van der Waals surface area contributed by atoms with Crippen LogP contribution in [0.3, 0.4) is 0 Å². The highest BCUT2D eigenvalue weighted by Crippen LogP contribution is 2.28. The molecule has 0 spiro atoms. The van der Waals surface area contributed by atoms with Gasteiger partial charge in [0.2, 0.25) is 5.95 Å². The number of hydrogen-bond acceptors (Lipinski definition) is 7. The summed E-state index contributed by atoms with van der Waals surface area (Å²) in [7, 11) is -4.22. The first-order valence-electron chi connectivity index (χ1n) is 9.63. The Labute approximate surface area is 192 Å². The number of pyridine rings is 2. The van der Waals surface area contributed by atoms with E-state index < -0.39 is 27.8 Å². The third-order valence-corrected chi connectivity index (χ3v) is 5.84. The molecule has 0 aliphatic carbocycles. The highest BCUT2D eigenvalue weighted by Gasteiger charge is 2.33. The number of anilines is 3. The lowest BCUT2D eigenvalue weighted by molar-refractivity contribution is -0.141. The first-order valence-corrected chi connectivity index (χ1v) is 11.1. The van der Waals surface area contributed by atoms with Crippen LogP contribution < -0.4 is 10.0 Å². The number of aromatic nitrogens is 4. The molecule has 8 nitrogen and oxygen atoms in total. The molecule has 3 aromatic heterocycles. The molecular weight excluding hydrogens is 469 g/mol. The van der Waals surface area contributed by atoms with E-state index in [2.05, 4.69) is 37.1 Å². The predicted octanol–water partition coefficient (Wildman–Crippen LogP) is 4.35. The van der Waals surface area contributed by atoms with Crippen molar-refractivity contribution in [1.82, 2.24) is 19.9 Å². The van der Waals surface area contributed by atoms with Crippen LogP contribution in [0.1, 0.15) is 18.3 Å². The Bertz CT molecular complexity index is 1530. The average molecular weight is 484 g/mol. The molecule has 0 fully saturated rings. The molecule has 0 saturated carbocycles. The summed E-state index contributed by atoms with van der Waals surface area (Å²) in [5.74, 6) is 5.56. The Hall–Kier alpha value is -4.24. The van der Waals surface area contributed by atoms with E-state index in [1.807, 2.05) is 10.8 Å². The van der Waals surface area contributed by atoms with Gasteiger partial charge in [-0.2, -0.15) is 13.2 Å². The summed E-state index contributed by atoms with van der Waals surface area (Å²) >= 11 is 0. The molecule has 12 heteroatoms. The van der Waals surface area contributed by atoms with E-state index in [1.165, 1.54) is 24.3 Å². The number of halogens is 3. The highest BCUT2D eigenvalue weighted by molar-refractivity contribution is 7.92. The minimum atomic E-state index is -4.73. The van der Waals surface area contributed by atoms with Gasteiger partial charge in [0.25, 0.3) is 10.0 Å². The summed E-state index contributed by atoms with van der Waals surface area (Å²) in [6, 6.07) is 9.79. The zero-order valence-electron chi connectivity index (χ0n) is 17.4. The van der Waals surface area contributed by atoms with Crippen LogP contribution in [0.2, 0.25) is 0 Å². The fourth-order valence-corrected chi connectivity index (χ4v) is 3.91. The number of fused-ring (bicyclic) bond motifs is 1. The molecule has 0 atom stereocenters. The molecular formula is C22H15F3N6O2S. The Morgan fingerprint density at radius 2 is 1.71 bits per heavy atom. The van der Waals surface area contributed by atoms with Gasteiger partial charge >= 0.3 is 6.18 Å². The monoisotopic (exact) mass is 484 g/mol. The zero-order valence-corrected chi connectivity index (χ0v) is 18.2. The first-order chi connectivity index (χ1) is 16.2. The Kier molecular flexibility index (Phi) is 6.04. The van der Waals surface area contributed by atoms with Crippen molar-refractivity contribution in [3.05, 3.63) is 72.4 Å². The Morgan fingerprint density at radius 1 is 0.971 bits per heavy atom. The summed E-state index contributed by atoms with van der Waals surface area (Å²) < 4.78 is 65.5. The van der Waals surface area contributed by atoms with E-state index in [1.54, 1.807) is 25.4 Å². The molecule has 2 N–H and O–H groups in total. The summed E-state index contributed by atoms with van der Waals surface area (Å²) in [6.45, 7) is 1.71. The van der Waals surface area contributed by atoms with Crippen molar-refractivity contribution in [1.29, 1.82) is 0 Å². The van der Waals surface area contributed by atoms with E-state index in [-0.39, 0.29) is 4.90 Å². The molecule has 0 aliphatic rings. The van der Waals surface area contributed by atoms with Crippen LogP contribution in [0.25, 0.3) is 10.8 Å². The van der Waals surface area contributed by atoms with Crippen molar-refractivity contribution in [2.45, 2.75) is 18.0 Å². The quantitative estimate of drug-likeness (QED) is 0.405. The standard InChI is InChI=1S/C22H15F3N6O2S/c1-2-3-18-17-12-20(28-13-14(17)8-10-26-18)29-15-4-6-16(7-5-15)34(32,33)31-21-27-11-9-19(30-21)22(23,24)25/h4-13H,1H3,(H,28,29)(H,27,30,31). The molecule has 4 rings (SSSR count). The number of rotatable bonds is 5. The fourth-order valence-electron chi connectivity index (χ4n) is 2.96. The van der Waals surface area contributed by atoms with Gasteiger partial charge in [-0.3, -0.25) is 0 Å². The number of hydrogen-bond donors (Lipinski definition) is 2. The van der Waals surface area contributed by atoms with E-state index in [9.17, 15) is 21.6 Å². The molecule has 0 amide bonds. The lowest BCUT2D eigenvalue weighted by Crippen LogP contribution is -2.17. The minimum absolute atomic E-state index is 0.185. The maximum Gasteiger partial charge on any atom is 0.433 e. The molecule has 4 aromatic rings. The summed E-state index contributed by atoms with van der Waals surface area (Å²) in [6.07, 6.45) is -0.593. The van der Waals surface area contributed by atoms with Gasteiger partial charge in [-0.05, 0) is 55.3 Å². The van der Waals surface area contributed by atoms with Crippen LogP contribution in [0.5, 0.6) is 0 Å². The predicted molar refractivity (Wildman–Crippen MR) is 120 cm³/mol. The number of benzene rings is 1. The summed E-state index contributed by atoms with van der Waals surface area (Å²) in [5.41, 5.74) is -0.117. The normalized spacial score (nSPS) is 11.5. The van der Waals surface area contributed by atoms with Crippen LogP contribution in [0.4, 0.5) is 30.6 Å². The summed E-state index contributed by atoms with van der Waals surface area (Å²) in [4.78, 5) is 15.2. The van der Waals surface area contributed by atoms with Gasteiger partial charge in [0.15, 0.2) is 0 Å². The van der Waals surface area contributed by atoms with Crippen LogP contribution in [-0.4, -0.2) is 28.4 Å². The maximum atomic E-state index is 12.8. The molecule has 0 bridgehead atoms. The molecule has 0 saturated heterocycles. The number of nitrogens with zero attached hydrogens (tertiary/aromatic N) is 4. The molecule has 0 aliphatic heterocycles. The van der Waals surface area contributed by atoms with Gasteiger partial charge in [0.05, 0.1) is 4.90 Å². The Morgan fingerprint density at radius 3 is 2.41 bits per heavy atom. The van der Waals surface area contributed by atoms with Crippen LogP contribution >= 0.6 is 0 Å². The number of alkyl halides is 3. The molecule has 34 heavy (non-hydrogen) atoms. The SMILES string of the molecule is CC#Cc1nccc2cnc(Nc3ccc(S(=O)(=O)Nc4nccc(C(F)(F)F)n4)cc3)cc12. The van der Waals surface area contributed by atoms with E-state index in [4.69, 9.17) is 0 Å². The van der Waals surface area contributed by atoms with Gasteiger partial charge < -0.3 is 5.32 Å². The second-order valence-corrected chi connectivity index (χ2v) is 8.53. The third-order valence-electron chi connectivity index (χ3n) is 4.50. The average Bonchev–Trinajstić information content (AvgIpc) is 2.79. The van der Waals surface area contributed by atoms with Crippen LogP contribution in [-0.2, 0) is 16.2 Å². The minimum Gasteiger partial charge on any atom is -0.340 e. The first kappa shape index (κ1) is 22.9. The number of sulfonamides is 1. The van der Waals surface area contributed by atoms with Crippen molar-refractivity contribution in [2.75, 3.05) is 10.0 Å². The van der Waals surface area contributed by atoms with Crippen molar-refractivity contribution in [2.24, 2.45) is 0 Å². The van der Waals surface area contributed by atoms with Crippen molar-refractivity contribution >= 4 is 38.2 Å². The number of nitrogens with one attached hydrogen (secondary N) is 2. The van der Waals surface area contributed by atoms with Crippen molar-refractivity contribution < 1.29 is 21.6 Å². The molecule has 1 aromatic carbocycles. The lowest BCUT2D eigenvalue weighted by atomic mass is 10.1. The van der Waals surface area contributed by atoms with Gasteiger partial charge in [-0.25, -0.2) is 33.1 Å². The topological polar surface area (TPSA) is 110 Å². The highest BCUT2D eigenvalue weighted by atomic mass is 32.2. The van der Waals surface area contributed by atoms with Gasteiger partial charge in [-0.15, -0.1) is 0 Å². The molecule has 172 valence electrons. The van der Waals surface area contributed by atoms with Gasteiger partial charge in [-0.1, -0.05) is 5.92 Å². The van der Waals surface area contributed by atoms with E-state index in [0.29, 0.717) is 23.3 Å². The fraction of sp³-hybridized carbons (Fsp3) is 0.0909. The molecule has 3 heterocycles. The van der Waals surface area contributed by atoms with E-state index in [0.717, 1.165) is 17.0 Å². The molecule has 0 unspecified atom stereocenters. The van der Waals surface area contributed by atoms with Gasteiger partial charge in [0.1, 0.15) is 17.2 Å². The second kappa shape index (κ2) is 8.95. The molecule has 0 radical (unpaired) electrons. The maximum absolute atomic E-state index is 12.8.